The van der Waals surface area contributed by atoms with E-state index in [4.69, 9.17) is 4.98 Å². The first kappa shape index (κ1) is 21.2. The molecule has 1 aliphatic rings. The molecule has 31 heavy (non-hydrogen) atoms. The highest BCUT2D eigenvalue weighted by Gasteiger charge is 2.27. The van der Waals surface area contributed by atoms with E-state index in [1.165, 1.54) is 0 Å². The number of hydrogen-bond acceptors (Lipinski definition) is 7. The van der Waals surface area contributed by atoms with Crippen molar-refractivity contribution in [2.45, 2.75) is 32.6 Å². The van der Waals surface area contributed by atoms with E-state index in [1.54, 1.807) is 17.5 Å². The fourth-order valence-electron chi connectivity index (χ4n) is 3.99. The van der Waals surface area contributed by atoms with Gasteiger partial charge in [-0.15, -0.1) is 0 Å². The van der Waals surface area contributed by atoms with Gasteiger partial charge in [0.1, 0.15) is 11.6 Å². The lowest BCUT2D eigenvalue weighted by Gasteiger charge is -2.29. The molecule has 0 bridgehead atoms. The average Bonchev–Trinajstić information content (AvgIpc) is 3.25. The van der Waals surface area contributed by atoms with E-state index in [2.05, 4.69) is 27.2 Å². The van der Waals surface area contributed by atoms with Crippen LogP contribution in [-0.4, -0.2) is 39.6 Å². The molecular weight excluding hydrogens is 410 g/mol. The summed E-state index contributed by atoms with van der Waals surface area (Å²) < 4.78 is 0. The van der Waals surface area contributed by atoms with Gasteiger partial charge in [-0.05, 0) is 68.4 Å². The Morgan fingerprint density at radius 1 is 1.19 bits per heavy atom. The zero-order chi connectivity index (χ0) is 21.8. The topological polar surface area (TPSA) is 91.2 Å². The first-order valence-electron chi connectivity index (χ1n) is 10.5. The molecular formula is C23H27N5O2S. The van der Waals surface area contributed by atoms with Crippen molar-refractivity contribution in [2.24, 2.45) is 11.8 Å². The van der Waals surface area contributed by atoms with Crippen LogP contribution in [-0.2, 0) is 4.79 Å². The van der Waals surface area contributed by atoms with Crippen molar-refractivity contribution in [3.63, 3.8) is 0 Å². The van der Waals surface area contributed by atoms with Gasteiger partial charge >= 0.3 is 5.97 Å². The molecule has 4 rings (SSSR count). The maximum atomic E-state index is 11.2. The minimum absolute atomic E-state index is 0.171. The van der Waals surface area contributed by atoms with Gasteiger partial charge in [0.15, 0.2) is 5.13 Å². The number of anilines is 3. The number of hydrogen-bond donors (Lipinski definition) is 2. The standard InChI is InChI=1S/C23H27N5O2S/c1-15-10-11-24-21(12-15)27-20-5-3-4-18(26-20)19-13-25-23(31-19)28(2)14-16-6-8-17(9-7-16)22(29)30/h3-5,10-13,16-17H,6-9,14H2,1-2H3,(H,29,30)(H,24,26,27)/t16-,17-. The minimum atomic E-state index is -0.654. The Morgan fingerprint density at radius 2 is 2.00 bits per heavy atom. The molecule has 162 valence electrons. The van der Waals surface area contributed by atoms with Gasteiger partial charge in [-0.2, -0.15) is 0 Å². The van der Waals surface area contributed by atoms with Crippen LogP contribution in [0.2, 0.25) is 0 Å². The van der Waals surface area contributed by atoms with Gasteiger partial charge in [-0.25, -0.2) is 15.0 Å². The molecule has 0 radical (unpaired) electrons. The van der Waals surface area contributed by atoms with E-state index in [9.17, 15) is 9.90 Å². The molecule has 7 nitrogen and oxygen atoms in total. The molecule has 3 heterocycles. The lowest BCUT2D eigenvalue weighted by Crippen LogP contribution is -2.30. The normalized spacial score (nSPS) is 18.5. The van der Waals surface area contributed by atoms with Crippen molar-refractivity contribution in [1.29, 1.82) is 0 Å². The number of aliphatic carboxylic acids is 1. The van der Waals surface area contributed by atoms with Crippen LogP contribution in [0.15, 0.2) is 42.7 Å². The Labute approximate surface area is 186 Å². The molecule has 0 saturated heterocycles. The zero-order valence-electron chi connectivity index (χ0n) is 17.8. The van der Waals surface area contributed by atoms with Crippen LogP contribution in [0.3, 0.4) is 0 Å². The fourth-order valence-corrected chi connectivity index (χ4v) is 4.85. The Hall–Kier alpha value is -3.00. The number of thiazole rings is 1. The second-order valence-electron chi connectivity index (χ2n) is 8.19. The molecule has 3 aromatic heterocycles. The maximum absolute atomic E-state index is 11.2. The highest BCUT2D eigenvalue weighted by atomic mass is 32.1. The second-order valence-corrected chi connectivity index (χ2v) is 9.20. The fraction of sp³-hybridized carbons (Fsp3) is 0.391. The Balaban J connectivity index is 1.40. The Kier molecular flexibility index (Phi) is 6.46. The maximum Gasteiger partial charge on any atom is 0.306 e. The van der Waals surface area contributed by atoms with Crippen LogP contribution >= 0.6 is 11.3 Å². The van der Waals surface area contributed by atoms with Crippen LogP contribution in [0.1, 0.15) is 31.2 Å². The number of nitrogens with one attached hydrogen (secondary N) is 1. The van der Waals surface area contributed by atoms with Crippen molar-refractivity contribution in [1.82, 2.24) is 15.0 Å². The van der Waals surface area contributed by atoms with Gasteiger partial charge in [0.05, 0.1) is 16.5 Å². The molecule has 1 aliphatic carbocycles. The number of nitrogens with zero attached hydrogens (tertiary/aromatic N) is 4. The van der Waals surface area contributed by atoms with Gasteiger partial charge in [0.2, 0.25) is 0 Å². The van der Waals surface area contributed by atoms with Gasteiger partial charge in [0.25, 0.3) is 0 Å². The van der Waals surface area contributed by atoms with Crippen molar-refractivity contribution in [3.8, 4) is 10.6 Å². The third-order valence-electron chi connectivity index (χ3n) is 5.72. The second kappa shape index (κ2) is 9.43. The summed E-state index contributed by atoms with van der Waals surface area (Å²) in [6, 6.07) is 9.83. The van der Waals surface area contributed by atoms with Gasteiger partial charge in [-0.3, -0.25) is 4.79 Å². The first-order valence-corrected chi connectivity index (χ1v) is 11.4. The summed E-state index contributed by atoms with van der Waals surface area (Å²) in [4.78, 5) is 28.0. The number of aromatic nitrogens is 3. The molecule has 3 aromatic rings. The Bertz CT molecular complexity index is 1050. The highest BCUT2D eigenvalue weighted by Crippen LogP contribution is 2.33. The molecule has 0 unspecified atom stereocenters. The molecule has 0 amide bonds. The molecule has 1 saturated carbocycles. The third kappa shape index (κ3) is 5.38. The summed E-state index contributed by atoms with van der Waals surface area (Å²) in [5, 5.41) is 13.4. The van der Waals surface area contributed by atoms with Gasteiger partial charge in [0, 0.05) is 26.0 Å². The molecule has 0 spiro atoms. The average molecular weight is 438 g/mol. The first-order chi connectivity index (χ1) is 15.0. The third-order valence-corrected chi connectivity index (χ3v) is 6.86. The summed E-state index contributed by atoms with van der Waals surface area (Å²) in [7, 11) is 2.06. The van der Waals surface area contributed by atoms with E-state index in [1.807, 2.05) is 43.5 Å². The van der Waals surface area contributed by atoms with E-state index < -0.39 is 5.97 Å². The Morgan fingerprint density at radius 3 is 2.74 bits per heavy atom. The quantitative estimate of drug-likeness (QED) is 0.539. The molecule has 0 aliphatic heterocycles. The largest absolute Gasteiger partial charge is 0.481 e. The van der Waals surface area contributed by atoms with Crippen LogP contribution in [0.25, 0.3) is 10.6 Å². The minimum Gasteiger partial charge on any atom is -0.481 e. The van der Waals surface area contributed by atoms with E-state index in [0.717, 1.165) is 65.1 Å². The predicted molar refractivity (Wildman–Crippen MR) is 124 cm³/mol. The van der Waals surface area contributed by atoms with Crippen LogP contribution < -0.4 is 10.2 Å². The van der Waals surface area contributed by atoms with Crippen LogP contribution in [0.4, 0.5) is 16.8 Å². The number of rotatable bonds is 7. The summed E-state index contributed by atoms with van der Waals surface area (Å²) in [5.74, 6) is 1.20. The van der Waals surface area contributed by atoms with Crippen LogP contribution in [0, 0.1) is 18.8 Å². The lowest BCUT2D eigenvalue weighted by atomic mass is 9.82. The van der Waals surface area contributed by atoms with Crippen molar-refractivity contribution in [2.75, 3.05) is 23.8 Å². The summed E-state index contributed by atoms with van der Waals surface area (Å²) >= 11 is 1.62. The lowest BCUT2D eigenvalue weighted by molar-refractivity contribution is -0.143. The number of carboxylic acids is 1. The van der Waals surface area contributed by atoms with Crippen molar-refractivity contribution < 1.29 is 9.90 Å². The van der Waals surface area contributed by atoms with Crippen molar-refractivity contribution >= 4 is 34.1 Å². The van der Waals surface area contributed by atoms with E-state index in [0.29, 0.717) is 5.92 Å². The molecule has 8 heteroatoms. The van der Waals surface area contributed by atoms with E-state index >= 15 is 0 Å². The highest BCUT2D eigenvalue weighted by molar-refractivity contribution is 7.18. The summed E-state index contributed by atoms with van der Waals surface area (Å²) in [6.45, 7) is 2.93. The molecule has 0 atom stereocenters. The molecule has 0 aromatic carbocycles. The monoisotopic (exact) mass is 437 g/mol. The number of carbonyl (C=O) groups is 1. The van der Waals surface area contributed by atoms with Crippen LogP contribution in [0.5, 0.6) is 0 Å². The number of aryl methyl sites for hydroxylation is 1. The van der Waals surface area contributed by atoms with Gasteiger partial charge < -0.3 is 15.3 Å². The zero-order valence-corrected chi connectivity index (χ0v) is 18.6. The number of pyridine rings is 2. The summed E-state index contributed by atoms with van der Waals surface area (Å²) in [6.07, 6.45) is 7.12. The molecule has 2 N–H and O–H groups in total. The number of carboxylic acid groups (broad SMARTS) is 1. The smallest absolute Gasteiger partial charge is 0.306 e. The van der Waals surface area contributed by atoms with Crippen molar-refractivity contribution in [3.05, 3.63) is 48.3 Å². The molecule has 1 fully saturated rings. The van der Waals surface area contributed by atoms with Gasteiger partial charge in [-0.1, -0.05) is 17.4 Å². The SMILES string of the molecule is Cc1ccnc(Nc2cccc(-c3cnc(N(C)C[C@H]4CC[C@H](C(=O)O)CC4)s3)n2)c1. The summed E-state index contributed by atoms with van der Waals surface area (Å²) in [5.41, 5.74) is 2.01. The van der Waals surface area contributed by atoms with E-state index in [-0.39, 0.29) is 5.92 Å². The predicted octanol–water partition coefficient (Wildman–Crippen LogP) is 4.98.